The Kier molecular flexibility index (Phi) is 4.17. The van der Waals surface area contributed by atoms with E-state index in [0.717, 1.165) is 18.6 Å². The van der Waals surface area contributed by atoms with E-state index in [-0.39, 0.29) is 22.7 Å². The van der Waals surface area contributed by atoms with Crippen LogP contribution in [0.2, 0.25) is 5.02 Å². The van der Waals surface area contributed by atoms with Crippen LogP contribution in [0.3, 0.4) is 0 Å². The summed E-state index contributed by atoms with van der Waals surface area (Å²) in [5, 5.41) is 8.94. The van der Waals surface area contributed by atoms with E-state index in [1.54, 1.807) is 23.9 Å². The molecule has 1 aromatic rings. The van der Waals surface area contributed by atoms with Crippen LogP contribution in [-0.2, 0) is 10.5 Å². The second-order valence-electron chi connectivity index (χ2n) is 4.78. The number of rotatable bonds is 6. The molecule has 0 amide bonds. The van der Waals surface area contributed by atoms with Crippen molar-refractivity contribution in [3.8, 4) is 0 Å². The summed E-state index contributed by atoms with van der Waals surface area (Å²) in [6.45, 7) is 0. The fraction of sp³-hybridized carbons (Fsp3) is 0.462. The Balaban J connectivity index is 1.86. The van der Waals surface area contributed by atoms with Gasteiger partial charge in [-0.15, -0.1) is 0 Å². The van der Waals surface area contributed by atoms with Crippen LogP contribution in [-0.4, -0.2) is 16.8 Å². The van der Waals surface area contributed by atoms with Crippen molar-refractivity contribution in [2.75, 3.05) is 5.75 Å². The number of thioether (sulfide) groups is 1. The van der Waals surface area contributed by atoms with Crippen molar-refractivity contribution in [2.45, 2.75) is 25.0 Å². The number of carboxylic acids is 1. The molecule has 1 saturated carbocycles. The molecular weight excluding hydrogens is 275 g/mol. The van der Waals surface area contributed by atoms with Crippen LogP contribution in [0.25, 0.3) is 0 Å². The standard InChI is InChI=1S/C13H14ClFO2S/c14-10-3-1-2-9(12(10)15)7-18-8-13(4-5-13)6-11(16)17/h1-3H,4-8H2,(H,16,17). The van der Waals surface area contributed by atoms with Crippen LogP contribution < -0.4 is 0 Å². The van der Waals surface area contributed by atoms with Crippen molar-refractivity contribution in [3.63, 3.8) is 0 Å². The minimum atomic E-state index is -0.748. The molecule has 1 aliphatic carbocycles. The molecule has 1 fully saturated rings. The van der Waals surface area contributed by atoms with Crippen molar-refractivity contribution in [3.05, 3.63) is 34.6 Å². The second kappa shape index (κ2) is 5.49. The monoisotopic (exact) mass is 288 g/mol. The van der Waals surface area contributed by atoms with Gasteiger partial charge >= 0.3 is 5.97 Å². The Morgan fingerprint density at radius 3 is 2.83 bits per heavy atom. The van der Waals surface area contributed by atoms with Crippen molar-refractivity contribution in [1.82, 2.24) is 0 Å². The predicted octanol–water partition coefficient (Wildman–Crippen LogP) is 3.97. The summed E-state index contributed by atoms with van der Waals surface area (Å²) >= 11 is 7.28. The summed E-state index contributed by atoms with van der Waals surface area (Å²) in [4.78, 5) is 10.7. The Bertz CT molecular complexity index is 460. The van der Waals surface area contributed by atoms with Gasteiger partial charge in [0.05, 0.1) is 11.4 Å². The first-order valence-electron chi connectivity index (χ1n) is 5.75. The van der Waals surface area contributed by atoms with Gasteiger partial charge in [-0.2, -0.15) is 11.8 Å². The highest BCUT2D eigenvalue weighted by Crippen LogP contribution is 2.51. The van der Waals surface area contributed by atoms with Gasteiger partial charge in [-0.1, -0.05) is 23.7 Å². The quantitative estimate of drug-likeness (QED) is 0.861. The van der Waals surface area contributed by atoms with Crippen LogP contribution >= 0.6 is 23.4 Å². The normalized spacial score (nSPS) is 16.6. The summed E-state index contributed by atoms with van der Waals surface area (Å²) in [5.41, 5.74) is 0.532. The Labute approximate surface area is 115 Å². The molecule has 98 valence electrons. The molecule has 0 heterocycles. The van der Waals surface area contributed by atoms with E-state index >= 15 is 0 Å². The van der Waals surface area contributed by atoms with Gasteiger partial charge in [-0.05, 0) is 35.6 Å². The lowest BCUT2D eigenvalue weighted by Crippen LogP contribution is -2.11. The largest absolute Gasteiger partial charge is 0.481 e. The predicted molar refractivity (Wildman–Crippen MR) is 71.5 cm³/mol. The van der Waals surface area contributed by atoms with E-state index in [1.165, 1.54) is 6.07 Å². The van der Waals surface area contributed by atoms with Crippen molar-refractivity contribution in [1.29, 1.82) is 0 Å². The molecule has 1 aliphatic rings. The average molecular weight is 289 g/mol. The van der Waals surface area contributed by atoms with Gasteiger partial charge in [0, 0.05) is 5.75 Å². The van der Waals surface area contributed by atoms with Crippen molar-refractivity contribution in [2.24, 2.45) is 5.41 Å². The number of halogens is 2. The molecule has 0 unspecified atom stereocenters. The molecule has 0 aliphatic heterocycles. The van der Waals surface area contributed by atoms with E-state index in [0.29, 0.717) is 11.3 Å². The van der Waals surface area contributed by atoms with Gasteiger partial charge in [-0.3, -0.25) is 4.79 Å². The summed E-state index contributed by atoms with van der Waals surface area (Å²) in [7, 11) is 0. The maximum Gasteiger partial charge on any atom is 0.303 e. The van der Waals surface area contributed by atoms with Gasteiger partial charge in [-0.25, -0.2) is 4.39 Å². The minimum absolute atomic E-state index is 0.0500. The SMILES string of the molecule is O=C(O)CC1(CSCc2cccc(Cl)c2F)CC1. The van der Waals surface area contributed by atoms with Gasteiger partial charge < -0.3 is 5.11 Å². The summed E-state index contributed by atoms with van der Waals surface area (Å²) in [6, 6.07) is 4.97. The van der Waals surface area contributed by atoms with Crippen molar-refractivity contribution >= 4 is 29.3 Å². The van der Waals surface area contributed by atoms with Gasteiger partial charge in [0.15, 0.2) is 0 Å². The zero-order valence-corrected chi connectivity index (χ0v) is 11.4. The van der Waals surface area contributed by atoms with E-state index < -0.39 is 5.97 Å². The van der Waals surface area contributed by atoms with Gasteiger partial charge in [0.1, 0.15) is 5.82 Å². The Morgan fingerprint density at radius 1 is 1.50 bits per heavy atom. The third-order valence-corrected chi connectivity index (χ3v) is 4.80. The number of hydrogen-bond donors (Lipinski definition) is 1. The van der Waals surface area contributed by atoms with Crippen LogP contribution in [0, 0.1) is 11.2 Å². The lowest BCUT2D eigenvalue weighted by atomic mass is 10.1. The maximum absolute atomic E-state index is 13.6. The smallest absolute Gasteiger partial charge is 0.303 e. The van der Waals surface area contributed by atoms with Gasteiger partial charge in [0.25, 0.3) is 0 Å². The average Bonchev–Trinajstić information content (AvgIpc) is 3.03. The fourth-order valence-electron chi connectivity index (χ4n) is 1.91. The molecule has 0 spiro atoms. The van der Waals surface area contributed by atoms with E-state index in [9.17, 15) is 9.18 Å². The van der Waals surface area contributed by atoms with Crippen molar-refractivity contribution < 1.29 is 14.3 Å². The van der Waals surface area contributed by atoms with E-state index in [2.05, 4.69) is 0 Å². The molecule has 1 aromatic carbocycles. The Morgan fingerprint density at radius 2 is 2.22 bits per heavy atom. The third-order valence-electron chi connectivity index (χ3n) is 3.18. The number of benzene rings is 1. The molecule has 1 N–H and O–H groups in total. The number of hydrogen-bond acceptors (Lipinski definition) is 2. The summed E-state index contributed by atoms with van der Waals surface area (Å²) in [5.74, 6) is 0.190. The molecule has 2 nitrogen and oxygen atoms in total. The van der Waals surface area contributed by atoms with E-state index in [4.69, 9.17) is 16.7 Å². The van der Waals surface area contributed by atoms with Gasteiger partial charge in [0.2, 0.25) is 0 Å². The zero-order valence-electron chi connectivity index (χ0n) is 9.79. The molecule has 0 saturated heterocycles. The highest BCUT2D eigenvalue weighted by Gasteiger charge is 2.44. The molecule has 0 radical (unpaired) electrons. The molecule has 0 bridgehead atoms. The van der Waals surface area contributed by atoms with Crippen LogP contribution in [0.15, 0.2) is 18.2 Å². The third kappa shape index (κ3) is 3.39. The Hall–Kier alpha value is -0.740. The molecular formula is C13H14ClFO2S. The van der Waals surface area contributed by atoms with Crippen LogP contribution in [0.5, 0.6) is 0 Å². The van der Waals surface area contributed by atoms with Crippen LogP contribution in [0.4, 0.5) is 4.39 Å². The first kappa shape index (κ1) is 13.7. The lowest BCUT2D eigenvalue weighted by molar-refractivity contribution is -0.138. The number of carbonyl (C=O) groups is 1. The first-order valence-corrected chi connectivity index (χ1v) is 7.28. The molecule has 0 atom stereocenters. The molecule has 0 aromatic heterocycles. The lowest BCUT2D eigenvalue weighted by Gasteiger charge is -2.12. The minimum Gasteiger partial charge on any atom is -0.481 e. The maximum atomic E-state index is 13.6. The second-order valence-corrected chi connectivity index (χ2v) is 6.17. The fourth-order valence-corrected chi connectivity index (χ4v) is 3.47. The first-order chi connectivity index (χ1) is 8.52. The zero-order chi connectivity index (χ0) is 13.2. The summed E-state index contributed by atoms with van der Waals surface area (Å²) < 4.78 is 13.6. The van der Waals surface area contributed by atoms with E-state index in [1.807, 2.05) is 0 Å². The molecule has 2 rings (SSSR count). The van der Waals surface area contributed by atoms with Crippen LogP contribution in [0.1, 0.15) is 24.8 Å². The molecule has 18 heavy (non-hydrogen) atoms. The molecule has 5 heteroatoms. The number of carboxylic acid groups (broad SMARTS) is 1. The number of aliphatic carboxylic acids is 1. The topological polar surface area (TPSA) is 37.3 Å². The highest BCUT2D eigenvalue weighted by atomic mass is 35.5. The summed E-state index contributed by atoms with van der Waals surface area (Å²) in [6.07, 6.45) is 2.15. The highest BCUT2D eigenvalue weighted by molar-refractivity contribution is 7.98.